The Morgan fingerprint density at radius 2 is 2.00 bits per heavy atom. The third-order valence-corrected chi connectivity index (χ3v) is 4.03. The van der Waals surface area contributed by atoms with Gasteiger partial charge in [0.25, 0.3) is 0 Å². The van der Waals surface area contributed by atoms with Gasteiger partial charge in [-0.3, -0.25) is 0 Å². The molecule has 2 heteroatoms. The van der Waals surface area contributed by atoms with Crippen molar-refractivity contribution in [1.82, 2.24) is 0 Å². The smallest absolute Gasteiger partial charge is 0.0740 e. The van der Waals surface area contributed by atoms with Gasteiger partial charge < -0.3 is 0 Å². The van der Waals surface area contributed by atoms with Crippen molar-refractivity contribution in [3.8, 4) is 9.75 Å². The van der Waals surface area contributed by atoms with E-state index in [1.54, 1.807) is 22.7 Å². The molecule has 0 unspecified atom stereocenters. The number of fused-ring (bicyclic) bond motifs is 3. The van der Waals surface area contributed by atoms with E-state index in [-0.39, 0.29) is 0 Å². The van der Waals surface area contributed by atoms with Crippen LogP contribution >= 0.6 is 22.7 Å². The molecule has 0 aliphatic heterocycles. The predicted molar refractivity (Wildman–Crippen MR) is 50.4 cm³/mol. The molecule has 2 aromatic heterocycles. The van der Waals surface area contributed by atoms with Gasteiger partial charge >= 0.3 is 0 Å². The molecule has 2 heterocycles. The second-order valence-electron chi connectivity index (χ2n) is 2.67. The molecule has 0 aromatic carbocycles. The fraction of sp³-hybridized carbons (Fsp3) is 0.111. The van der Waals surface area contributed by atoms with Gasteiger partial charge in [0.05, 0.1) is 1.37 Å². The first-order valence-electron chi connectivity index (χ1n) is 4.00. The first-order valence-corrected chi connectivity index (χ1v) is 5.20. The molecule has 1 aliphatic carbocycles. The molecule has 0 saturated carbocycles. The highest BCUT2D eigenvalue weighted by Gasteiger charge is 2.19. The quantitative estimate of drug-likeness (QED) is 0.496. The third kappa shape index (κ3) is 0.686. The van der Waals surface area contributed by atoms with Crippen molar-refractivity contribution in [2.24, 2.45) is 0 Å². The van der Waals surface area contributed by atoms with Crippen molar-refractivity contribution >= 4 is 22.7 Å². The van der Waals surface area contributed by atoms with Crippen molar-refractivity contribution in [2.75, 3.05) is 0 Å². The maximum atomic E-state index is 7.51. The second-order valence-corrected chi connectivity index (χ2v) is 4.43. The van der Waals surface area contributed by atoms with Gasteiger partial charge in [-0.1, -0.05) is 0 Å². The SMILES string of the molecule is [2H]c1cc2c(s1)-c1sccc1C2. The van der Waals surface area contributed by atoms with Gasteiger partial charge in [-0.2, -0.15) is 0 Å². The summed E-state index contributed by atoms with van der Waals surface area (Å²) in [5, 5.41) is 2.83. The largest absolute Gasteiger partial charge is 0.143 e. The molecule has 0 saturated heterocycles. The molecule has 1 aliphatic rings. The minimum Gasteiger partial charge on any atom is -0.143 e. The normalized spacial score (nSPS) is 14.4. The number of rotatable bonds is 0. The van der Waals surface area contributed by atoms with Crippen molar-refractivity contribution in [1.29, 1.82) is 0 Å². The first-order chi connectivity index (χ1) is 5.84. The van der Waals surface area contributed by atoms with E-state index in [9.17, 15) is 0 Å². The van der Waals surface area contributed by atoms with Gasteiger partial charge in [0.15, 0.2) is 0 Å². The van der Waals surface area contributed by atoms with Gasteiger partial charge in [-0.25, -0.2) is 0 Å². The van der Waals surface area contributed by atoms with Crippen LogP contribution in [0.15, 0.2) is 22.9 Å². The van der Waals surface area contributed by atoms with Gasteiger partial charge in [-0.05, 0) is 34.0 Å². The maximum Gasteiger partial charge on any atom is 0.0740 e. The van der Waals surface area contributed by atoms with E-state index in [0.29, 0.717) is 5.36 Å². The number of hydrogen-bond acceptors (Lipinski definition) is 2. The lowest BCUT2D eigenvalue weighted by Gasteiger charge is -1.84. The standard InChI is InChI=1S/C9H6S2/c1-3-10-8-6(1)5-7-2-4-11-9(7)8/h1-4H,5H2/i3D. The Morgan fingerprint density at radius 1 is 1.18 bits per heavy atom. The van der Waals surface area contributed by atoms with E-state index in [2.05, 4.69) is 11.4 Å². The molecule has 3 rings (SSSR count). The van der Waals surface area contributed by atoms with Gasteiger partial charge in [0.1, 0.15) is 0 Å². The van der Waals surface area contributed by atoms with Gasteiger partial charge in [0, 0.05) is 16.2 Å². The summed E-state index contributed by atoms with van der Waals surface area (Å²) in [5.74, 6) is 0. The van der Waals surface area contributed by atoms with E-state index >= 15 is 0 Å². The van der Waals surface area contributed by atoms with Crippen LogP contribution in [0.25, 0.3) is 9.75 Å². The van der Waals surface area contributed by atoms with Crippen molar-refractivity contribution in [2.45, 2.75) is 6.42 Å². The van der Waals surface area contributed by atoms with Crippen LogP contribution < -0.4 is 0 Å². The summed E-state index contributed by atoms with van der Waals surface area (Å²) in [6.45, 7) is 0. The molecule has 0 spiro atoms. The van der Waals surface area contributed by atoms with E-state index in [1.807, 2.05) is 6.07 Å². The Kier molecular flexibility index (Phi) is 0.911. The highest BCUT2D eigenvalue weighted by Crippen LogP contribution is 2.43. The second kappa shape index (κ2) is 1.96. The van der Waals surface area contributed by atoms with Crippen molar-refractivity contribution in [3.05, 3.63) is 34.0 Å². The fourth-order valence-electron chi connectivity index (χ4n) is 1.49. The van der Waals surface area contributed by atoms with Crippen LogP contribution in [0.5, 0.6) is 0 Å². The van der Waals surface area contributed by atoms with Crippen LogP contribution in [0.1, 0.15) is 12.5 Å². The highest BCUT2D eigenvalue weighted by atomic mass is 32.1. The Hall–Kier alpha value is -0.600. The van der Waals surface area contributed by atoms with E-state index < -0.39 is 0 Å². The summed E-state index contributed by atoms with van der Waals surface area (Å²) < 4.78 is 7.51. The molecule has 11 heavy (non-hydrogen) atoms. The lowest BCUT2D eigenvalue weighted by Crippen LogP contribution is -1.72. The molecular formula is C9H6S2. The molecule has 0 N–H and O–H groups in total. The molecule has 0 radical (unpaired) electrons. The number of hydrogen-bond donors (Lipinski definition) is 0. The summed E-state index contributed by atoms with van der Waals surface area (Å²) in [5.41, 5.74) is 2.80. The van der Waals surface area contributed by atoms with Crippen molar-refractivity contribution < 1.29 is 1.37 Å². The molecule has 0 bridgehead atoms. The van der Waals surface area contributed by atoms with Crippen LogP contribution in [0.2, 0.25) is 0 Å². The Labute approximate surface area is 74.5 Å². The van der Waals surface area contributed by atoms with E-state index in [0.717, 1.165) is 6.42 Å². The predicted octanol–water partition coefficient (Wildman–Crippen LogP) is 3.38. The summed E-state index contributed by atoms with van der Waals surface area (Å²) in [4.78, 5) is 2.73. The van der Waals surface area contributed by atoms with E-state index in [1.165, 1.54) is 20.9 Å². The first kappa shape index (κ1) is 5.12. The van der Waals surface area contributed by atoms with Crippen LogP contribution in [0, 0.1) is 0 Å². The van der Waals surface area contributed by atoms with Crippen molar-refractivity contribution in [3.63, 3.8) is 0 Å². The highest BCUT2D eigenvalue weighted by molar-refractivity contribution is 7.20. The topological polar surface area (TPSA) is 0 Å². The average molecular weight is 179 g/mol. The zero-order valence-electron chi connectivity index (χ0n) is 6.76. The lowest BCUT2D eigenvalue weighted by molar-refractivity contribution is 1.28. The minimum absolute atomic E-state index is 0.694. The molecular weight excluding hydrogens is 172 g/mol. The maximum absolute atomic E-state index is 7.51. The summed E-state index contributed by atoms with van der Waals surface area (Å²) in [6, 6.07) is 4.18. The zero-order chi connectivity index (χ0) is 8.13. The monoisotopic (exact) mass is 179 g/mol. The fourth-order valence-corrected chi connectivity index (χ4v) is 3.47. The van der Waals surface area contributed by atoms with Crippen LogP contribution in [0.4, 0.5) is 0 Å². The Balaban J connectivity index is 2.32. The summed E-state index contributed by atoms with van der Waals surface area (Å²) in [6.07, 6.45) is 1.05. The van der Waals surface area contributed by atoms with Gasteiger partial charge in [-0.15, -0.1) is 22.7 Å². The molecule has 2 aromatic rings. The third-order valence-electron chi connectivity index (χ3n) is 2.02. The lowest BCUT2D eigenvalue weighted by atomic mass is 10.2. The Bertz CT molecular complexity index is 439. The molecule has 54 valence electrons. The summed E-state index contributed by atoms with van der Waals surface area (Å²) >= 11 is 3.40. The minimum atomic E-state index is 0.694. The molecule has 0 nitrogen and oxygen atoms in total. The van der Waals surface area contributed by atoms with E-state index in [4.69, 9.17) is 1.37 Å². The van der Waals surface area contributed by atoms with Gasteiger partial charge in [0.2, 0.25) is 0 Å². The molecule has 0 amide bonds. The Morgan fingerprint density at radius 3 is 3.00 bits per heavy atom. The van der Waals surface area contributed by atoms with Crippen LogP contribution in [-0.2, 0) is 6.42 Å². The number of thiophene rings is 2. The average Bonchev–Trinajstić information content (AvgIpc) is 2.59. The molecule has 0 fully saturated rings. The molecule has 0 atom stereocenters. The summed E-state index contributed by atoms with van der Waals surface area (Å²) in [7, 11) is 0. The van der Waals surface area contributed by atoms with Crippen LogP contribution in [0.3, 0.4) is 0 Å². The van der Waals surface area contributed by atoms with Crippen LogP contribution in [-0.4, -0.2) is 0 Å². The zero-order valence-corrected chi connectivity index (χ0v) is 7.39.